The fourth-order valence-electron chi connectivity index (χ4n) is 1.04. The molecular formula is C9H16N2OS. The summed E-state index contributed by atoms with van der Waals surface area (Å²) in [5.74, 6) is 0. The van der Waals surface area contributed by atoms with Gasteiger partial charge >= 0.3 is 0 Å². The molecule has 13 heavy (non-hydrogen) atoms. The van der Waals surface area contributed by atoms with Crippen LogP contribution in [0, 0.1) is 6.92 Å². The van der Waals surface area contributed by atoms with Crippen LogP contribution >= 0.6 is 11.3 Å². The Morgan fingerprint density at radius 2 is 2.38 bits per heavy atom. The molecule has 2 N–H and O–H groups in total. The van der Waals surface area contributed by atoms with Crippen LogP contribution in [0.2, 0.25) is 0 Å². The summed E-state index contributed by atoms with van der Waals surface area (Å²) in [6.45, 7) is 4.64. The van der Waals surface area contributed by atoms with Crippen LogP contribution in [0.1, 0.15) is 24.0 Å². The predicted octanol–water partition coefficient (Wildman–Crippen LogP) is 1.66. The third-order valence-electron chi connectivity index (χ3n) is 1.93. The van der Waals surface area contributed by atoms with Crippen LogP contribution in [0.25, 0.3) is 0 Å². The van der Waals surface area contributed by atoms with Gasteiger partial charge in [0.2, 0.25) is 0 Å². The highest BCUT2D eigenvalue weighted by molar-refractivity contribution is 7.09. The van der Waals surface area contributed by atoms with Crippen LogP contribution in [0.15, 0.2) is 5.38 Å². The largest absolute Gasteiger partial charge is 0.385 e. The molecule has 0 amide bonds. The van der Waals surface area contributed by atoms with Crippen LogP contribution in [-0.2, 0) is 10.3 Å². The molecule has 0 fully saturated rings. The number of aryl methyl sites for hydroxylation is 1. The van der Waals surface area contributed by atoms with Crippen molar-refractivity contribution in [3.05, 3.63) is 16.1 Å². The summed E-state index contributed by atoms with van der Waals surface area (Å²) in [5, 5.41) is 3.01. The average molecular weight is 200 g/mol. The number of ether oxygens (including phenoxy) is 1. The van der Waals surface area contributed by atoms with Gasteiger partial charge in [-0.3, -0.25) is 0 Å². The first kappa shape index (κ1) is 10.6. The van der Waals surface area contributed by atoms with Crippen molar-refractivity contribution in [3.8, 4) is 0 Å². The zero-order valence-electron chi connectivity index (χ0n) is 8.33. The Kier molecular flexibility index (Phi) is 3.41. The third-order valence-corrected chi connectivity index (χ3v) is 3.17. The number of nitrogens with two attached hydrogens (primary N) is 1. The smallest absolute Gasteiger partial charge is 0.113 e. The quantitative estimate of drug-likeness (QED) is 0.804. The summed E-state index contributed by atoms with van der Waals surface area (Å²) < 4.78 is 5.00. The summed E-state index contributed by atoms with van der Waals surface area (Å²) in [4.78, 5) is 4.37. The van der Waals surface area contributed by atoms with Crippen molar-refractivity contribution in [1.82, 2.24) is 4.98 Å². The number of hydrogen-bond acceptors (Lipinski definition) is 4. The number of aromatic nitrogens is 1. The van der Waals surface area contributed by atoms with Crippen molar-refractivity contribution in [2.75, 3.05) is 13.7 Å². The molecule has 1 unspecified atom stereocenters. The summed E-state index contributed by atoms with van der Waals surface area (Å²) in [6, 6.07) is 0. The minimum absolute atomic E-state index is 0.352. The van der Waals surface area contributed by atoms with Crippen LogP contribution in [0.5, 0.6) is 0 Å². The first-order valence-corrected chi connectivity index (χ1v) is 5.14. The first-order valence-electron chi connectivity index (χ1n) is 4.26. The lowest BCUT2D eigenvalue weighted by Gasteiger charge is -2.21. The summed E-state index contributed by atoms with van der Waals surface area (Å²) >= 11 is 1.62. The molecule has 0 spiro atoms. The van der Waals surface area contributed by atoms with Gasteiger partial charge in [0.05, 0.1) is 5.54 Å². The van der Waals surface area contributed by atoms with E-state index in [-0.39, 0.29) is 5.54 Å². The SMILES string of the molecule is COCCC(C)(N)c1nc(C)cs1. The third kappa shape index (κ3) is 2.76. The minimum atomic E-state index is -0.352. The highest BCUT2D eigenvalue weighted by Crippen LogP contribution is 2.24. The Morgan fingerprint density at radius 1 is 1.69 bits per heavy atom. The standard InChI is InChI=1S/C9H16N2OS/c1-7-6-13-8(11-7)9(2,10)4-5-12-3/h6H,4-5,10H2,1-3H3. The van der Waals surface area contributed by atoms with Gasteiger partial charge in [0, 0.05) is 24.8 Å². The fourth-order valence-corrected chi connectivity index (χ4v) is 1.94. The number of rotatable bonds is 4. The van der Waals surface area contributed by atoms with E-state index in [1.54, 1.807) is 18.4 Å². The predicted molar refractivity (Wildman–Crippen MR) is 54.9 cm³/mol. The van der Waals surface area contributed by atoms with E-state index in [1.807, 2.05) is 19.2 Å². The summed E-state index contributed by atoms with van der Waals surface area (Å²) in [7, 11) is 1.68. The molecule has 74 valence electrons. The Labute approximate surface area is 82.9 Å². The number of nitrogens with zero attached hydrogens (tertiary/aromatic N) is 1. The monoisotopic (exact) mass is 200 g/mol. The average Bonchev–Trinajstić information content (AvgIpc) is 2.49. The maximum atomic E-state index is 6.11. The highest BCUT2D eigenvalue weighted by Gasteiger charge is 2.23. The van der Waals surface area contributed by atoms with Crippen molar-refractivity contribution >= 4 is 11.3 Å². The molecule has 4 heteroatoms. The Morgan fingerprint density at radius 3 is 2.85 bits per heavy atom. The molecule has 3 nitrogen and oxygen atoms in total. The van der Waals surface area contributed by atoms with Gasteiger partial charge in [-0.1, -0.05) is 0 Å². The first-order chi connectivity index (χ1) is 6.06. The van der Waals surface area contributed by atoms with E-state index in [4.69, 9.17) is 10.5 Å². The Hall–Kier alpha value is -0.450. The van der Waals surface area contributed by atoms with E-state index in [2.05, 4.69) is 4.98 Å². The van der Waals surface area contributed by atoms with E-state index >= 15 is 0 Å². The minimum Gasteiger partial charge on any atom is -0.385 e. The molecule has 1 atom stereocenters. The van der Waals surface area contributed by atoms with Gasteiger partial charge in [0.25, 0.3) is 0 Å². The Balaban J connectivity index is 2.68. The number of hydrogen-bond donors (Lipinski definition) is 1. The molecule has 0 aliphatic rings. The van der Waals surface area contributed by atoms with Crippen LogP contribution in [0.4, 0.5) is 0 Å². The van der Waals surface area contributed by atoms with Gasteiger partial charge in [-0.2, -0.15) is 0 Å². The molecule has 1 heterocycles. The highest BCUT2D eigenvalue weighted by atomic mass is 32.1. The van der Waals surface area contributed by atoms with E-state index in [1.165, 1.54) is 0 Å². The van der Waals surface area contributed by atoms with Gasteiger partial charge in [0.15, 0.2) is 0 Å². The van der Waals surface area contributed by atoms with Crippen molar-refractivity contribution in [2.45, 2.75) is 25.8 Å². The molecule has 0 aliphatic carbocycles. The molecule has 0 saturated heterocycles. The molecule has 0 aliphatic heterocycles. The van der Waals surface area contributed by atoms with Crippen molar-refractivity contribution < 1.29 is 4.74 Å². The molecule has 0 radical (unpaired) electrons. The number of thiazole rings is 1. The lowest BCUT2D eigenvalue weighted by atomic mass is 10.0. The zero-order valence-corrected chi connectivity index (χ0v) is 9.15. The van der Waals surface area contributed by atoms with Crippen molar-refractivity contribution in [2.24, 2.45) is 5.73 Å². The molecule has 1 aromatic rings. The normalized spacial score (nSPS) is 15.7. The summed E-state index contributed by atoms with van der Waals surface area (Å²) in [5.41, 5.74) is 6.79. The van der Waals surface area contributed by atoms with Crippen LogP contribution in [0.3, 0.4) is 0 Å². The second-order valence-corrected chi connectivity index (χ2v) is 4.31. The van der Waals surface area contributed by atoms with E-state index in [0.29, 0.717) is 6.61 Å². The van der Waals surface area contributed by atoms with Gasteiger partial charge in [-0.25, -0.2) is 4.98 Å². The van der Waals surface area contributed by atoms with Crippen molar-refractivity contribution in [3.63, 3.8) is 0 Å². The second kappa shape index (κ2) is 4.17. The van der Waals surface area contributed by atoms with Crippen LogP contribution < -0.4 is 5.73 Å². The maximum absolute atomic E-state index is 6.11. The van der Waals surface area contributed by atoms with Gasteiger partial charge in [-0.15, -0.1) is 11.3 Å². The molecule has 0 saturated carbocycles. The van der Waals surface area contributed by atoms with E-state index < -0.39 is 0 Å². The zero-order chi connectivity index (χ0) is 9.90. The molecular weight excluding hydrogens is 184 g/mol. The number of methoxy groups -OCH3 is 1. The molecule has 0 aromatic carbocycles. The second-order valence-electron chi connectivity index (χ2n) is 3.45. The van der Waals surface area contributed by atoms with Gasteiger partial charge in [-0.05, 0) is 20.3 Å². The summed E-state index contributed by atoms with van der Waals surface area (Å²) in [6.07, 6.45) is 0.802. The van der Waals surface area contributed by atoms with Gasteiger partial charge in [0.1, 0.15) is 5.01 Å². The molecule has 1 rings (SSSR count). The molecule has 0 bridgehead atoms. The van der Waals surface area contributed by atoms with E-state index in [9.17, 15) is 0 Å². The topological polar surface area (TPSA) is 48.1 Å². The molecule has 1 aromatic heterocycles. The fraction of sp³-hybridized carbons (Fsp3) is 0.667. The lowest BCUT2D eigenvalue weighted by Crippen LogP contribution is -2.34. The van der Waals surface area contributed by atoms with Crippen LogP contribution in [-0.4, -0.2) is 18.7 Å². The maximum Gasteiger partial charge on any atom is 0.113 e. The van der Waals surface area contributed by atoms with E-state index in [0.717, 1.165) is 17.1 Å². The van der Waals surface area contributed by atoms with Gasteiger partial charge < -0.3 is 10.5 Å². The van der Waals surface area contributed by atoms with Crippen molar-refractivity contribution in [1.29, 1.82) is 0 Å². The Bertz CT molecular complexity index is 270. The lowest BCUT2D eigenvalue weighted by molar-refractivity contribution is 0.172.